The molecule has 14 heteroatoms. The van der Waals surface area contributed by atoms with Gasteiger partial charge in [-0.3, -0.25) is 4.79 Å². The van der Waals surface area contributed by atoms with Crippen molar-refractivity contribution in [3.8, 4) is 0 Å². The minimum atomic E-state index is -1.79. The zero-order valence-electron chi connectivity index (χ0n) is 42.8. The molecule has 0 aromatic heterocycles. The van der Waals surface area contributed by atoms with Crippen molar-refractivity contribution in [2.45, 2.75) is 274 Å². The maximum absolute atomic E-state index is 13.2. The van der Waals surface area contributed by atoms with Crippen LogP contribution in [-0.4, -0.2) is 140 Å². The van der Waals surface area contributed by atoms with E-state index in [2.05, 4.69) is 55.6 Å². The van der Waals surface area contributed by atoms with E-state index in [1.165, 1.54) is 116 Å². The molecular formula is C55H99NO13. The summed E-state index contributed by atoms with van der Waals surface area (Å²) in [6, 6.07) is -0.916. The zero-order chi connectivity index (χ0) is 50.3. The van der Waals surface area contributed by atoms with Crippen LogP contribution in [0.1, 0.15) is 200 Å². The maximum atomic E-state index is 13.2. The lowest BCUT2D eigenvalue weighted by Gasteiger charge is -2.46. The lowest BCUT2D eigenvalue weighted by molar-refractivity contribution is -0.359. The third kappa shape index (κ3) is 28.1. The van der Waals surface area contributed by atoms with Gasteiger partial charge in [-0.1, -0.05) is 184 Å². The Morgan fingerprint density at radius 1 is 0.522 bits per heavy atom. The Balaban J connectivity index is 1.73. The Hall–Kier alpha value is -2.05. The number of allylic oxidation sites excluding steroid dienone is 7. The number of carbonyl (C=O) groups is 1. The standard InChI is InChI=1S/C55H99NO13/c1-3-5-7-9-11-13-15-16-17-18-19-20-21-22-23-24-25-26-27-28-29-31-33-35-37-39-47(60)56-43(44(59)38-36-34-32-30-14-12-10-8-6-4-2)42-66-54-52(65)50(63)53(46(41-58)68-54)69-55-51(64)49(62)48(61)45(40-57)67-55/h15-16,18-19,21-22,36,38,43-46,48-55,57-59,61-65H,3-14,17,20,23-35,37,39-42H2,1-2H3,(H,56,60)/b16-15-,19-18-,22-21-,38-36+. The normalized spacial score (nSPS) is 26.5. The Morgan fingerprint density at radius 3 is 1.46 bits per heavy atom. The quantitative estimate of drug-likeness (QED) is 0.0209. The van der Waals surface area contributed by atoms with Crippen LogP contribution in [0.4, 0.5) is 0 Å². The number of nitrogens with one attached hydrogen (secondary N) is 1. The van der Waals surface area contributed by atoms with Crippen molar-refractivity contribution in [2.24, 2.45) is 0 Å². The average molecular weight is 982 g/mol. The van der Waals surface area contributed by atoms with E-state index in [0.717, 1.165) is 57.8 Å². The summed E-state index contributed by atoms with van der Waals surface area (Å²) in [6.07, 6.45) is 33.0. The number of unbranched alkanes of at least 4 members (excludes halogenated alkanes) is 23. The van der Waals surface area contributed by atoms with Gasteiger partial charge in [0.25, 0.3) is 0 Å². The highest BCUT2D eigenvalue weighted by Crippen LogP contribution is 2.30. The van der Waals surface area contributed by atoms with Gasteiger partial charge in [-0.2, -0.15) is 0 Å². The van der Waals surface area contributed by atoms with Gasteiger partial charge >= 0.3 is 0 Å². The van der Waals surface area contributed by atoms with E-state index in [-0.39, 0.29) is 18.9 Å². The van der Waals surface area contributed by atoms with Gasteiger partial charge in [-0.05, 0) is 57.8 Å². The van der Waals surface area contributed by atoms with Gasteiger partial charge in [0.15, 0.2) is 12.6 Å². The number of hydrogen-bond acceptors (Lipinski definition) is 13. The molecule has 9 N–H and O–H groups in total. The number of rotatable bonds is 42. The summed E-state index contributed by atoms with van der Waals surface area (Å²) in [4.78, 5) is 13.2. The molecule has 14 nitrogen and oxygen atoms in total. The smallest absolute Gasteiger partial charge is 0.220 e. The van der Waals surface area contributed by atoms with E-state index in [1.807, 2.05) is 6.08 Å². The van der Waals surface area contributed by atoms with Crippen LogP contribution in [-0.2, 0) is 23.7 Å². The molecule has 12 atom stereocenters. The van der Waals surface area contributed by atoms with Crippen molar-refractivity contribution in [3.63, 3.8) is 0 Å². The Morgan fingerprint density at radius 2 is 0.957 bits per heavy atom. The van der Waals surface area contributed by atoms with Crippen molar-refractivity contribution >= 4 is 5.91 Å². The van der Waals surface area contributed by atoms with Gasteiger partial charge in [0.2, 0.25) is 5.91 Å². The highest BCUT2D eigenvalue weighted by atomic mass is 16.7. The van der Waals surface area contributed by atoms with Crippen molar-refractivity contribution < 1.29 is 64.6 Å². The van der Waals surface area contributed by atoms with Crippen LogP contribution < -0.4 is 5.32 Å². The Bertz CT molecular complexity index is 1340. The van der Waals surface area contributed by atoms with Crippen molar-refractivity contribution in [1.29, 1.82) is 0 Å². The van der Waals surface area contributed by atoms with E-state index in [0.29, 0.717) is 6.42 Å². The van der Waals surface area contributed by atoms with Crippen LogP contribution in [0.5, 0.6) is 0 Å². The molecule has 0 bridgehead atoms. The number of aliphatic hydroxyl groups excluding tert-OH is 8. The van der Waals surface area contributed by atoms with E-state index >= 15 is 0 Å². The molecule has 0 radical (unpaired) electrons. The highest BCUT2D eigenvalue weighted by molar-refractivity contribution is 5.76. The second kappa shape index (κ2) is 41.4. The molecule has 2 aliphatic heterocycles. The first-order valence-corrected chi connectivity index (χ1v) is 27.4. The molecular weight excluding hydrogens is 883 g/mol. The largest absolute Gasteiger partial charge is 0.394 e. The van der Waals surface area contributed by atoms with Gasteiger partial charge in [0.1, 0.15) is 48.8 Å². The van der Waals surface area contributed by atoms with E-state index in [4.69, 9.17) is 18.9 Å². The van der Waals surface area contributed by atoms with Crippen molar-refractivity contribution in [3.05, 3.63) is 48.6 Å². The lowest BCUT2D eigenvalue weighted by Crippen LogP contribution is -2.65. The molecule has 2 aliphatic rings. The van der Waals surface area contributed by atoms with Gasteiger partial charge in [-0.25, -0.2) is 0 Å². The monoisotopic (exact) mass is 982 g/mol. The summed E-state index contributed by atoms with van der Waals surface area (Å²) in [5.41, 5.74) is 0. The summed E-state index contributed by atoms with van der Waals surface area (Å²) in [5.74, 6) is -0.247. The summed E-state index contributed by atoms with van der Waals surface area (Å²) >= 11 is 0. The topological polar surface area (TPSA) is 228 Å². The van der Waals surface area contributed by atoms with Gasteiger partial charge in [0.05, 0.1) is 32.0 Å². The number of carbonyl (C=O) groups excluding carboxylic acids is 1. The Labute approximate surface area is 416 Å². The number of amides is 1. The molecule has 2 rings (SSSR count). The molecule has 0 saturated carbocycles. The molecule has 0 aromatic rings. The SMILES string of the molecule is CCCCCCC/C=C\C/C=C\C/C=C\CCCCCCCCCCCCC(=O)NC(COC1OC(CO)C(OC2OC(CO)C(O)C(O)C2O)C(O)C1O)C(O)/C=C/CCCCCCCCCC. The van der Waals surface area contributed by atoms with Crippen LogP contribution >= 0.6 is 0 Å². The molecule has 2 fully saturated rings. The van der Waals surface area contributed by atoms with Crippen LogP contribution in [0.2, 0.25) is 0 Å². The molecule has 1 amide bonds. The minimum Gasteiger partial charge on any atom is -0.394 e. The predicted octanol–water partition coefficient (Wildman–Crippen LogP) is 8.05. The predicted molar refractivity (Wildman–Crippen MR) is 272 cm³/mol. The number of aliphatic hydroxyl groups is 8. The van der Waals surface area contributed by atoms with Gasteiger partial charge < -0.3 is 65.1 Å². The summed E-state index contributed by atoms with van der Waals surface area (Å²) in [6.45, 7) is 2.74. The molecule has 402 valence electrons. The number of hydrogen-bond donors (Lipinski definition) is 9. The van der Waals surface area contributed by atoms with Crippen LogP contribution in [0.25, 0.3) is 0 Å². The average Bonchev–Trinajstić information content (AvgIpc) is 3.35. The summed E-state index contributed by atoms with van der Waals surface area (Å²) < 4.78 is 22.7. The van der Waals surface area contributed by atoms with Crippen LogP contribution in [0.15, 0.2) is 48.6 Å². The third-order valence-electron chi connectivity index (χ3n) is 13.3. The Kier molecular flexibility index (Phi) is 37.9. The van der Waals surface area contributed by atoms with Crippen molar-refractivity contribution in [2.75, 3.05) is 19.8 Å². The highest BCUT2D eigenvalue weighted by Gasteiger charge is 2.51. The summed E-state index contributed by atoms with van der Waals surface area (Å²) in [5, 5.41) is 86.7. The third-order valence-corrected chi connectivity index (χ3v) is 13.3. The first-order valence-electron chi connectivity index (χ1n) is 27.4. The first-order chi connectivity index (χ1) is 33.6. The van der Waals surface area contributed by atoms with Crippen molar-refractivity contribution in [1.82, 2.24) is 5.32 Å². The molecule has 0 spiro atoms. The first kappa shape index (κ1) is 63.1. The lowest BCUT2D eigenvalue weighted by atomic mass is 9.97. The van der Waals surface area contributed by atoms with E-state index in [1.54, 1.807) is 6.08 Å². The minimum absolute atomic E-state index is 0.247. The number of ether oxygens (including phenoxy) is 4. The second-order valence-electron chi connectivity index (χ2n) is 19.4. The fraction of sp³-hybridized carbons (Fsp3) is 0.836. The van der Waals surface area contributed by atoms with E-state index in [9.17, 15) is 45.6 Å². The van der Waals surface area contributed by atoms with Crippen LogP contribution in [0.3, 0.4) is 0 Å². The molecule has 0 aromatic carbocycles. The molecule has 69 heavy (non-hydrogen) atoms. The molecule has 12 unspecified atom stereocenters. The van der Waals surface area contributed by atoms with Gasteiger partial charge in [-0.15, -0.1) is 0 Å². The van der Waals surface area contributed by atoms with E-state index < -0.39 is 86.8 Å². The van der Waals surface area contributed by atoms with Gasteiger partial charge in [0, 0.05) is 6.42 Å². The maximum Gasteiger partial charge on any atom is 0.220 e. The molecule has 0 aliphatic carbocycles. The zero-order valence-corrected chi connectivity index (χ0v) is 42.8. The molecule has 2 heterocycles. The molecule has 2 saturated heterocycles. The fourth-order valence-corrected chi connectivity index (χ4v) is 8.77. The summed E-state index contributed by atoms with van der Waals surface area (Å²) in [7, 11) is 0. The van der Waals surface area contributed by atoms with Crippen LogP contribution in [0, 0.1) is 0 Å². The second-order valence-corrected chi connectivity index (χ2v) is 19.4. The fourth-order valence-electron chi connectivity index (χ4n) is 8.77.